The van der Waals surface area contributed by atoms with Crippen molar-refractivity contribution in [3.05, 3.63) is 152 Å². The van der Waals surface area contributed by atoms with Crippen LogP contribution in [0.4, 0.5) is 17.1 Å². The number of pyridine rings is 3. The first-order valence-electron chi connectivity index (χ1n) is 31.5. The van der Waals surface area contributed by atoms with Gasteiger partial charge in [-0.25, -0.2) is 0 Å². The van der Waals surface area contributed by atoms with Gasteiger partial charge < -0.3 is 9.30 Å². The molecule has 0 fully saturated rings. The van der Waals surface area contributed by atoms with Crippen molar-refractivity contribution in [2.24, 2.45) is 0 Å². The number of aromatic nitrogens is 2. The fourth-order valence-corrected chi connectivity index (χ4v) is 6.90. The van der Waals surface area contributed by atoms with Gasteiger partial charge in [0.1, 0.15) is 0 Å². The third-order valence-electron chi connectivity index (χ3n) is 9.04. The summed E-state index contributed by atoms with van der Waals surface area (Å²) in [6, 6.07) is -16.7. The summed E-state index contributed by atoms with van der Waals surface area (Å²) < 4.78 is 289. The van der Waals surface area contributed by atoms with E-state index in [0.29, 0.717) is 35.3 Å². The summed E-state index contributed by atoms with van der Waals surface area (Å²) in [7, 11) is 0. The Labute approximate surface area is 348 Å². The molecule has 0 radical (unpaired) electrons. The molecule has 8 aromatic rings. The Kier molecular flexibility index (Phi) is 2.92. The molecule has 0 amide bonds. The lowest BCUT2D eigenvalue weighted by Crippen LogP contribution is -2.59. The molecule has 0 spiro atoms. The highest BCUT2D eigenvalue weighted by molar-refractivity contribution is 6.98. The highest BCUT2D eigenvalue weighted by Crippen LogP contribution is 2.39. The maximum absolute atomic E-state index is 15.7. The summed E-state index contributed by atoms with van der Waals surface area (Å²) in [4.78, 5) is 34.5. The largest absolute Gasteiger partial charge is 0.311 e. The SMILES string of the molecule is [2H]c1c([2H])c([2H])c(N2c3c([2H])c([2H])c([2H])c([2H])c3B(c3c(C([2H])(C)C([2H])([2H])[2H])cc(C([2H])(C([2H])([2H])[2H])C([2H])([2H])[2H])cc3C([2H])(C)C([2H])([2H])[2H])c3c2c([2H])c2c(c3[2H])c(=O)c3c([2H])nc([2H])c4c(=O)c5c([2H])c([2H])c([2H])c([2H])c5n2c43)c([2H])c1[2H]. The van der Waals surface area contributed by atoms with Gasteiger partial charge in [-0.2, -0.15) is 0 Å². The summed E-state index contributed by atoms with van der Waals surface area (Å²) in [6.07, 6.45) is -2.17. The predicted molar refractivity (Wildman–Crippen MR) is 219 cm³/mol. The van der Waals surface area contributed by atoms with Gasteiger partial charge in [0, 0.05) is 60.7 Å². The van der Waals surface area contributed by atoms with E-state index in [1.54, 1.807) is 0 Å². The van der Waals surface area contributed by atoms with Gasteiger partial charge in [0.2, 0.25) is 6.71 Å². The monoisotopic (exact) mass is 710 g/mol. The van der Waals surface area contributed by atoms with Crippen molar-refractivity contribution < 1.29 is 43.9 Å². The van der Waals surface area contributed by atoms with Gasteiger partial charge in [-0.1, -0.05) is 113 Å². The van der Waals surface area contributed by atoms with Crippen LogP contribution in [0.2, 0.25) is 0 Å². The number of para-hydroxylation sites is 3. The first kappa shape index (κ1) is 12.7. The Bertz CT molecular complexity index is 4340. The van der Waals surface area contributed by atoms with Crippen LogP contribution < -0.4 is 32.1 Å². The van der Waals surface area contributed by atoms with Crippen LogP contribution in [0, 0.1) is 0 Å². The summed E-state index contributed by atoms with van der Waals surface area (Å²) >= 11 is 0. The molecule has 0 saturated heterocycles. The number of rotatable bonds is 5. The first-order chi connectivity index (χ1) is 38.1. The average Bonchev–Trinajstić information content (AvgIpc) is 0.697. The van der Waals surface area contributed by atoms with E-state index in [1.165, 1.54) is 0 Å². The second-order valence-corrected chi connectivity index (χ2v) is 12.0. The highest BCUT2D eigenvalue weighted by Gasteiger charge is 2.39. The van der Waals surface area contributed by atoms with Crippen molar-refractivity contribution >= 4 is 78.3 Å². The second kappa shape index (κ2) is 11.9. The summed E-state index contributed by atoms with van der Waals surface area (Å²) in [5, 5.41) is -3.94. The normalized spacial score (nSPS) is 25.3. The van der Waals surface area contributed by atoms with Crippen LogP contribution in [0.15, 0.2) is 125 Å². The maximum Gasteiger partial charge on any atom is 0.247 e. The second-order valence-electron chi connectivity index (χ2n) is 12.0. The zero-order chi connectivity index (χ0) is 63.6. The van der Waals surface area contributed by atoms with E-state index in [4.69, 9.17) is 30.2 Å². The minimum Gasteiger partial charge on any atom is -0.311 e. The summed E-state index contributed by atoms with van der Waals surface area (Å²) in [5.41, 5.74) is -15.8. The predicted octanol–water partition coefficient (Wildman–Crippen LogP) is 8.62. The van der Waals surface area contributed by atoms with Gasteiger partial charge in [0.25, 0.3) is 0 Å². The van der Waals surface area contributed by atoms with Gasteiger partial charge >= 0.3 is 0 Å². The van der Waals surface area contributed by atoms with E-state index < -0.39 is 254 Å². The molecule has 52 heavy (non-hydrogen) atoms. The van der Waals surface area contributed by atoms with Crippen LogP contribution in [0.3, 0.4) is 0 Å². The zero-order valence-electron chi connectivity index (χ0n) is 58.9. The van der Waals surface area contributed by atoms with E-state index in [-0.39, 0.29) is 0 Å². The van der Waals surface area contributed by atoms with E-state index in [9.17, 15) is 18.5 Å². The summed E-state index contributed by atoms with van der Waals surface area (Å²) in [6.45, 7) is -16.9. The van der Waals surface area contributed by atoms with Crippen molar-refractivity contribution in [3.63, 3.8) is 0 Å². The van der Waals surface area contributed by atoms with E-state index >= 15 is 4.79 Å². The molecular weight excluding hydrogens is 637 g/mol. The molecule has 254 valence electrons. The Balaban J connectivity index is 1.75. The highest BCUT2D eigenvalue weighted by atomic mass is 16.1. The number of fused-ring (bicyclic) bond motifs is 6. The molecule has 4 heterocycles. The number of hydrogen-bond donors (Lipinski definition) is 0. The Hall–Kier alpha value is -5.75. The third-order valence-corrected chi connectivity index (χ3v) is 9.04. The standard InChI is InChI=1S/C46H40BN3O2/c1-26(2)29-20-32(27(3)4)43(33(21-29)28(5)6)47-37-17-11-13-19-40(37)49(30-14-8-7-9-15-30)42-23-41-34(22-38(42)47)46(52)36-25-48-24-35-44(36)50(41)39-18-12-10-16-31(39)45(35)51/h7-28H,1-6H3/i1D3,2D3,3D3,5D3,7D,8D,9D,10D,11D,12D,13D,14D,15D,16D,17D,18D,19D,22D,23D,24D,25D,26D,27D,28D. The number of anilines is 3. The fourth-order valence-electron chi connectivity index (χ4n) is 6.90. The molecule has 0 N–H and O–H groups in total. The minimum absolute atomic E-state index is 0.421. The molecule has 3 aromatic heterocycles. The average molecular weight is 710 g/mol. The lowest BCUT2D eigenvalue weighted by atomic mass is 9.33. The van der Waals surface area contributed by atoms with Crippen LogP contribution in [-0.4, -0.2) is 16.1 Å². The third kappa shape index (κ3) is 4.59. The van der Waals surface area contributed by atoms with E-state index in [0.717, 1.165) is 0 Å². The van der Waals surface area contributed by atoms with Crippen LogP contribution in [0.25, 0.3) is 38.1 Å². The van der Waals surface area contributed by atoms with Crippen molar-refractivity contribution in [2.75, 3.05) is 4.90 Å². The lowest BCUT2D eigenvalue weighted by Gasteiger charge is -2.39. The van der Waals surface area contributed by atoms with Crippen molar-refractivity contribution in [2.45, 2.75) is 58.9 Å². The van der Waals surface area contributed by atoms with Crippen molar-refractivity contribution in [3.8, 4) is 0 Å². The lowest BCUT2D eigenvalue weighted by molar-refractivity contribution is 0.812. The van der Waals surface area contributed by atoms with Crippen LogP contribution in [-0.2, 0) is 0 Å². The molecule has 1 aliphatic rings. The van der Waals surface area contributed by atoms with E-state index in [2.05, 4.69) is 4.98 Å². The van der Waals surface area contributed by atoms with Crippen LogP contribution >= 0.6 is 0 Å². The Morgan fingerprint density at radius 3 is 2.02 bits per heavy atom. The maximum atomic E-state index is 15.7. The molecule has 6 heteroatoms. The van der Waals surface area contributed by atoms with Crippen molar-refractivity contribution in [1.29, 1.82) is 0 Å². The molecule has 1 aliphatic heterocycles. The molecule has 2 unspecified atom stereocenters. The van der Waals surface area contributed by atoms with E-state index in [1.807, 2.05) is 0 Å². The quantitative estimate of drug-likeness (QED) is 0.102. The zero-order valence-corrected chi connectivity index (χ0v) is 26.9. The minimum atomic E-state index is -3.98. The molecule has 0 saturated carbocycles. The number of benzene rings is 5. The number of nitrogens with zero attached hydrogens (tertiary/aromatic N) is 3. The van der Waals surface area contributed by atoms with Crippen LogP contribution in [0.1, 0.15) is 119 Å². The number of hydrogen-bond acceptors (Lipinski definition) is 4. The Morgan fingerprint density at radius 1 is 0.673 bits per heavy atom. The van der Waals surface area contributed by atoms with Gasteiger partial charge in [-0.3, -0.25) is 14.6 Å². The molecule has 2 atom stereocenters. The van der Waals surface area contributed by atoms with Gasteiger partial charge in [0.15, 0.2) is 10.9 Å². The van der Waals surface area contributed by atoms with Gasteiger partial charge in [-0.15, -0.1) is 0 Å². The topological polar surface area (TPSA) is 54.7 Å². The van der Waals surface area contributed by atoms with Gasteiger partial charge in [-0.05, 0) is 81.6 Å². The van der Waals surface area contributed by atoms with Gasteiger partial charge in [0.05, 0.1) is 50.6 Å². The van der Waals surface area contributed by atoms with Crippen LogP contribution in [0.5, 0.6) is 0 Å². The molecular formula is C46H40BN3O2. The first-order valence-corrected chi connectivity index (χ1v) is 15.5. The smallest absolute Gasteiger partial charge is 0.247 e. The molecule has 5 nitrogen and oxygen atoms in total. The molecule has 0 bridgehead atoms. The molecule has 9 rings (SSSR count). The summed E-state index contributed by atoms with van der Waals surface area (Å²) in [5.74, 6) is -10.7. The fraction of sp³-hybridized carbons (Fsp3) is 0.196. The van der Waals surface area contributed by atoms with Crippen molar-refractivity contribution in [1.82, 2.24) is 9.38 Å². The molecule has 5 aromatic carbocycles. The molecule has 0 aliphatic carbocycles. The Morgan fingerprint density at radius 2 is 1.31 bits per heavy atom.